The summed E-state index contributed by atoms with van der Waals surface area (Å²) in [5.74, 6) is 0.746. The first-order chi connectivity index (χ1) is 10.3. The summed E-state index contributed by atoms with van der Waals surface area (Å²) in [7, 11) is 0. The van der Waals surface area contributed by atoms with E-state index in [0.717, 1.165) is 19.0 Å². The van der Waals surface area contributed by atoms with Crippen LogP contribution in [0.5, 0.6) is 0 Å². The Balaban J connectivity index is 1.73. The fraction of sp³-hybridized carbons (Fsp3) is 0.400. The van der Waals surface area contributed by atoms with Crippen molar-refractivity contribution in [1.82, 2.24) is 5.32 Å². The summed E-state index contributed by atoms with van der Waals surface area (Å²) in [6.45, 7) is 6.77. The van der Waals surface area contributed by atoms with Crippen LogP contribution in [-0.2, 0) is 6.42 Å². The van der Waals surface area contributed by atoms with Crippen molar-refractivity contribution in [1.29, 1.82) is 0 Å². The van der Waals surface area contributed by atoms with E-state index in [1.807, 2.05) is 0 Å². The van der Waals surface area contributed by atoms with E-state index in [1.165, 1.54) is 36.0 Å². The minimum absolute atomic E-state index is 0.746. The third kappa shape index (κ3) is 5.73. The molecule has 1 heteroatoms. The van der Waals surface area contributed by atoms with E-state index in [9.17, 15) is 0 Å². The minimum atomic E-state index is 0.746. The Morgan fingerprint density at radius 1 is 0.810 bits per heavy atom. The molecule has 112 valence electrons. The van der Waals surface area contributed by atoms with Gasteiger partial charge in [0.15, 0.2) is 0 Å². The molecule has 21 heavy (non-hydrogen) atoms. The van der Waals surface area contributed by atoms with Crippen molar-refractivity contribution in [2.75, 3.05) is 13.1 Å². The number of unbranched alkanes of at least 4 members (excludes halogenated alkanes) is 1. The molecule has 1 N–H and O–H groups in total. The van der Waals surface area contributed by atoms with Crippen LogP contribution in [-0.4, -0.2) is 13.1 Å². The predicted octanol–water partition coefficient (Wildman–Crippen LogP) is 4.92. The van der Waals surface area contributed by atoms with Gasteiger partial charge in [0.05, 0.1) is 0 Å². The van der Waals surface area contributed by atoms with E-state index < -0.39 is 0 Å². The van der Waals surface area contributed by atoms with Gasteiger partial charge in [-0.2, -0.15) is 0 Å². The van der Waals surface area contributed by atoms with Gasteiger partial charge in [-0.1, -0.05) is 68.4 Å². The summed E-state index contributed by atoms with van der Waals surface area (Å²) in [5.41, 5.74) is 4.04. The average molecular weight is 281 g/mol. The van der Waals surface area contributed by atoms with Crippen LogP contribution in [0.2, 0.25) is 0 Å². The largest absolute Gasteiger partial charge is 0.316 e. The van der Waals surface area contributed by atoms with Gasteiger partial charge in [-0.3, -0.25) is 0 Å². The van der Waals surface area contributed by atoms with E-state index in [1.54, 1.807) is 0 Å². The summed E-state index contributed by atoms with van der Waals surface area (Å²) in [6, 6.07) is 19.6. The van der Waals surface area contributed by atoms with Crippen LogP contribution in [0, 0.1) is 5.92 Å². The molecule has 0 aliphatic heterocycles. The average Bonchev–Trinajstić information content (AvgIpc) is 2.52. The van der Waals surface area contributed by atoms with E-state index in [4.69, 9.17) is 0 Å². The summed E-state index contributed by atoms with van der Waals surface area (Å²) in [6.07, 6.45) is 3.70. The van der Waals surface area contributed by atoms with Crippen molar-refractivity contribution in [3.63, 3.8) is 0 Å². The first-order valence-corrected chi connectivity index (χ1v) is 8.11. The van der Waals surface area contributed by atoms with Crippen molar-refractivity contribution < 1.29 is 0 Å². The molecule has 2 aromatic carbocycles. The third-order valence-corrected chi connectivity index (χ3v) is 3.68. The maximum absolute atomic E-state index is 3.50. The minimum Gasteiger partial charge on any atom is -0.316 e. The molecule has 2 aromatic rings. The second-order valence-corrected chi connectivity index (χ2v) is 6.12. The van der Waals surface area contributed by atoms with E-state index in [0.29, 0.717) is 0 Å². The highest BCUT2D eigenvalue weighted by molar-refractivity contribution is 5.63. The molecule has 0 heterocycles. The fourth-order valence-corrected chi connectivity index (χ4v) is 2.46. The van der Waals surface area contributed by atoms with Crippen LogP contribution in [0.4, 0.5) is 0 Å². The molecule has 0 aliphatic rings. The molecule has 0 spiro atoms. The first kappa shape index (κ1) is 15.8. The number of benzene rings is 2. The second kappa shape index (κ2) is 8.63. The second-order valence-electron chi connectivity index (χ2n) is 6.12. The summed E-state index contributed by atoms with van der Waals surface area (Å²) in [4.78, 5) is 0. The van der Waals surface area contributed by atoms with Crippen LogP contribution >= 0.6 is 0 Å². The molecule has 0 saturated heterocycles. The lowest BCUT2D eigenvalue weighted by atomic mass is 10.0. The van der Waals surface area contributed by atoms with Crippen molar-refractivity contribution in [2.24, 2.45) is 5.92 Å². The maximum atomic E-state index is 3.50. The van der Waals surface area contributed by atoms with Gasteiger partial charge in [-0.25, -0.2) is 0 Å². The molecule has 0 fully saturated rings. The van der Waals surface area contributed by atoms with E-state index >= 15 is 0 Å². The Hall–Kier alpha value is -1.60. The maximum Gasteiger partial charge on any atom is -0.00258 e. The van der Waals surface area contributed by atoms with Gasteiger partial charge in [0.1, 0.15) is 0 Å². The molecule has 0 unspecified atom stereocenters. The Morgan fingerprint density at radius 3 is 2.14 bits per heavy atom. The molecule has 0 aromatic heterocycles. The lowest BCUT2D eigenvalue weighted by molar-refractivity contribution is 0.535. The zero-order valence-corrected chi connectivity index (χ0v) is 13.3. The van der Waals surface area contributed by atoms with Crippen LogP contribution in [0.1, 0.15) is 32.3 Å². The molecule has 0 radical (unpaired) electrons. The Morgan fingerprint density at radius 2 is 1.48 bits per heavy atom. The van der Waals surface area contributed by atoms with E-state index in [-0.39, 0.29) is 0 Å². The Kier molecular flexibility index (Phi) is 6.49. The van der Waals surface area contributed by atoms with Crippen LogP contribution in [0.25, 0.3) is 11.1 Å². The normalized spacial score (nSPS) is 11.0. The van der Waals surface area contributed by atoms with Crippen molar-refractivity contribution in [2.45, 2.75) is 33.1 Å². The van der Waals surface area contributed by atoms with Gasteiger partial charge in [0.25, 0.3) is 0 Å². The van der Waals surface area contributed by atoms with Gasteiger partial charge in [-0.15, -0.1) is 0 Å². The third-order valence-electron chi connectivity index (χ3n) is 3.68. The lowest BCUT2D eigenvalue weighted by Gasteiger charge is -2.07. The molecular weight excluding hydrogens is 254 g/mol. The van der Waals surface area contributed by atoms with Crippen molar-refractivity contribution in [3.05, 3.63) is 60.2 Å². The number of rotatable bonds is 8. The molecule has 0 saturated carbocycles. The monoisotopic (exact) mass is 281 g/mol. The quantitative estimate of drug-likeness (QED) is 0.677. The van der Waals surface area contributed by atoms with Gasteiger partial charge in [0.2, 0.25) is 0 Å². The van der Waals surface area contributed by atoms with Crippen LogP contribution in [0.15, 0.2) is 54.6 Å². The molecule has 0 amide bonds. The highest BCUT2D eigenvalue weighted by atomic mass is 14.8. The summed E-state index contributed by atoms with van der Waals surface area (Å²) >= 11 is 0. The Labute approximate surface area is 129 Å². The van der Waals surface area contributed by atoms with Crippen LogP contribution in [0.3, 0.4) is 0 Å². The number of nitrogens with one attached hydrogen (secondary N) is 1. The Bertz CT molecular complexity index is 499. The highest BCUT2D eigenvalue weighted by Gasteiger charge is 1.98. The van der Waals surface area contributed by atoms with Crippen LogP contribution < -0.4 is 5.32 Å². The molecule has 1 nitrogen and oxygen atoms in total. The van der Waals surface area contributed by atoms with Gasteiger partial charge in [-0.05, 0) is 55.0 Å². The summed E-state index contributed by atoms with van der Waals surface area (Å²) in [5, 5.41) is 3.50. The van der Waals surface area contributed by atoms with Gasteiger partial charge in [0, 0.05) is 0 Å². The van der Waals surface area contributed by atoms with Crippen molar-refractivity contribution >= 4 is 0 Å². The lowest BCUT2D eigenvalue weighted by Crippen LogP contribution is -2.20. The molecule has 2 rings (SSSR count). The summed E-state index contributed by atoms with van der Waals surface area (Å²) < 4.78 is 0. The first-order valence-electron chi connectivity index (χ1n) is 8.11. The van der Waals surface area contributed by atoms with Gasteiger partial charge < -0.3 is 5.32 Å². The molecule has 0 atom stereocenters. The molecule has 0 aliphatic carbocycles. The zero-order chi connectivity index (χ0) is 14.9. The number of aryl methyl sites for hydroxylation is 1. The number of hydrogen-bond donors (Lipinski definition) is 1. The molecule has 0 bridgehead atoms. The number of hydrogen-bond acceptors (Lipinski definition) is 1. The fourth-order valence-electron chi connectivity index (χ4n) is 2.46. The SMILES string of the molecule is CC(C)CNCCCCc1ccc(-c2ccccc2)cc1. The van der Waals surface area contributed by atoms with E-state index in [2.05, 4.69) is 73.8 Å². The zero-order valence-electron chi connectivity index (χ0n) is 13.3. The standard InChI is InChI=1S/C20H27N/c1-17(2)16-21-15-7-6-8-18-11-13-20(14-12-18)19-9-4-3-5-10-19/h3-5,9-14,17,21H,6-8,15-16H2,1-2H3. The molecular formula is C20H27N. The topological polar surface area (TPSA) is 12.0 Å². The predicted molar refractivity (Wildman–Crippen MR) is 92.5 cm³/mol. The van der Waals surface area contributed by atoms with Gasteiger partial charge >= 0.3 is 0 Å². The highest BCUT2D eigenvalue weighted by Crippen LogP contribution is 2.19. The van der Waals surface area contributed by atoms with Crippen molar-refractivity contribution in [3.8, 4) is 11.1 Å². The smallest absolute Gasteiger partial charge is 0.00258 e.